The zero-order valence-electron chi connectivity index (χ0n) is 10.3. The van der Waals surface area contributed by atoms with E-state index in [4.69, 9.17) is 9.47 Å². The molecular formula is C15H15NO2. The molecule has 0 bridgehead atoms. The summed E-state index contributed by atoms with van der Waals surface area (Å²) in [5, 5.41) is 3.40. The summed E-state index contributed by atoms with van der Waals surface area (Å²) in [6.07, 6.45) is 0. The van der Waals surface area contributed by atoms with Crippen molar-refractivity contribution in [1.82, 2.24) is 0 Å². The predicted molar refractivity (Wildman–Crippen MR) is 71.1 cm³/mol. The Morgan fingerprint density at radius 2 is 1.94 bits per heavy atom. The molecule has 0 aromatic heterocycles. The van der Waals surface area contributed by atoms with Gasteiger partial charge in [-0.2, -0.15) is 0 Å². The number of nitrogens with one attached hydrogen (secondary N) is 1. The van der Waals surface area contributed by atoms with Gasteiger partial charge in [0.25, 0.3) is 0 Å². The average Bonchev–Trinajstić information content (AvgIpc) is 2.84. The number of aryl methyl sites for hydroxylation is 1. The highest BCUT2D eigenvalue weighted by Crippen LogP contribution is 2.32. The van der Waals surface area contributed by atoms with Crippen LogP contribution in [-0.2, 0) is 6.54 Å². The van der Waals surface area contributed by atoms with Crippen molar-refractivity contribution in [3.63, 3.8) is 0 Å². The van der Waals surface area contributed by atoms with Gasteiger partial charge in [-0.15, -0.1) is 0 Å². The summed E-state index contributed by atoms with van der Waals surface area (Å²) in [5.74, 6) is 1.66. The smallest absolute Gasteiger partial charge is 0.231 e. The van der Waals surface area contributed by atoms with Gasteiger partial charge >= 0.3 is 0 Å². The molecule has 0 unspecified atom stereocenters. The van der Waals surface area contributed by atoms with Gasteiger partial charge in [0, 0.05) is 12.2 Å². The summed E-state index contributed by atoms with van der Waals surface area (Å²) in [4.78, 5) is 0. The van der Waals surface area contributed by atoms with Crippen molar-refractivity contribution in [2.75, 3.05) is 12.1 Å². The highest BCUT2D eigenvalue weighted by Gasteiger charge is 2.12. The van der Waals surface area contributed by atoms with Crippen LogP contribution in [-0.4, -0.2) is 6.79 Å². The van der Waals surface area contributed by atoms with Crippen molar-refractivity contribution in [1.29, 1.82) is 0 Å². The lowest BCUT2D eigenvalue weighted by Crippen LogP contribution is -1.99. The van der Waals surface area contributed by atoms with Gasteiger partial charge in [-0.05, 0) is 42.3 Å². The maximum absolute atomic E-state index is 5.36. The molecule has 92 valence electrons. The number of ether oxygens (including phenoxy) is 2. The highest BCUT2D eigenvalue weighted by molar-refractivity contribution is 5.48. The van der Waals surface area contributed by atoms with Crippen LogP contribution in [0.4, 0.5) is 5.69 Å². The van der Waals surface area contributed by atoms with Crippen LogP contribution in [0.5, 0.6) is 11.5 Å². The Labute approximate surface area is 106 Å². The molecule has 0 fully saturated rings. The largest absolute Gasteiger partial charge is 0.454 e. The lowest BCUT2D eigenvalue weighted by atomic mass is 10.2. The van der Waals surface area contributed by atoms with Crippen LogP contribution in [0.15, 0.2) is 42.5 Å². The van der Waals surface area contributed by atoms with Crippen LogP contribution in [0.25, 0.3) is 0 Å². The van der Waals surface area contributed by atoms with Crippen LogP contribution < -0.4 is 14.8 Å². The molecule has 0 aliphatic carbocycles. The topological polar surface area (TPSA) is 30.5 Å². The van der Waals surface area contributed by atoms with Crippen LogP contribution in [0.3, 0.4) is 0 Å². The number of fused-ring (bicyclic) bond motifs is 1. The van der Waals surface area contributed by atoms with Crippen molar-refractivity contribution in [3.05, 3.63) is 53.6 Å². The van der Waals surface area contributed by atoms with E-state index in [1.165, 1.54) is 11.1 Å². The minimum absolute atomic E-state index is 0.324. The third-order valence-electron chi connectivity index (χ3n) is 2.95. The summed E-state index contributed by atoms with van der Waals surface area (Å²) < 4.78 is 10.6. The fourth-order valence-electron chi connectivity index (χ4n) is 2.01. The molecule has 1 heterocycles. The zero-order chi connectivity index (χ0) is 12.4. The predicted octanol–water partition coefficient (Wildman–Crippen LogP) is 3.34. The molecule has 2 aromatic rings. The summed E-state index contributed by atoms with van der Waals surface area (Å²) in [5.41, 5.74) is 3.57. The van der Waals surface area contributed by atoms with Gasteiger partial charge < -0.3 is 14.8 Å². The molecule has 0 spiro atoms. The first-order valence-electron chi connectivity index (χ1n) is 6.00. The molecule has 2 aromatic carbocycles. The number of hydrogen-bond acceptors (Lipinski definition) is 3. The van der Waals surface area contributed by atoms with Gasteiger partial charge in [0.05, 0.1) is 0 Å². The van der Waals surface area contributed by atoms with E-state index in [1.54, 1.807) is 0 Å². The van der Waals surface area contributed by atoms with E-state index in [-0.39, 0.29) is 0 Å². The normalized spacial score (nSPS) is 12.5. The van der Waals surface area contributed by atoms with Gasteiger partial charge in [0.15, 0.2) is 11.5 Å². The van der Waals surface area contributed by atoms with Crippen LogP contribution in [0.2, 0.25) is 0 Å². The van der Waals surface area contributed by atoms with Crippen molar-refractivity contribution < 1.29 is 9.47 Å². The fourth-order valence-corrected chi connectivity index (χ4v) is 2.01. The number of benzene rings is 2. The molecular weight excluding hydrogens is 226 g/mol. The molecule has 0 amide bonds. The van der Waals surface area contributed by atoms with Gasteiger partial charge in [0.1, 0.15) is 0 Å². The fraction of sp³-hybridized carbons (Fsp3) is 0.200. The SMILES string of the molecule is Cc1cccc(NCc2ccc3c(c2)OCO3)c1. The van der Waals surface area contributed by atoms with Gasteiger partial charge in [-0.25, -0.2) is 0 Å². The van der Waals surface area contributed by atoms with E-state index in [0.717, 1.165) is 23.7 Å². The second kappa shape index (κ2) is 4.61. The van der Waals surface area contributed by atoms with E-state index < -0.39 is 0 Å². The standard InChI is InChI=1S/C15H15NO2/c1-11-3-2-4-13(7-11)16-9-12-5-6-14-15(8-12)18-10-17-14/h2-8,16H,9-10H2,1H3. The quantitative estimate of drug-likeness (QED) is 0.894. The van der Waals surface area contributed by atoms with E-state index in [2.05, 4.69) is 42.6 Å². The maximum Gasteiger partial charge on any atom is 0.231 e. The van der Waals surface area contributed by atoms with Gasteiger partial charge in [-0.1, -0.05) is 18.2 Å². The van der Waals surface area contributed by atoms with Crippen molar-refractivity contribution >= 4 is 5.69 Å². The number of anilines is 1. The van der Waals surface area contributed by atoms with Gasteiger partial charge in [0.2, 0.25) is 6.79 Å². The molecule has 1 N–H and O–H groups in total. The molecule has 3 nitrogen and oxygen atoms in total. The summed E-state index contributed by atoms with van der Waals surface area (Å²) >= 11 is 0. The molecule has 1 aliphatic rings. The molecule has 18 heavy (non-hydrogen) atoms. The Balaban J connectivity index is 1.70. The molecule has 3 rings (SSSR count). The second-order valence-corrected chi connectivity index (χ2v) is 4.41. The molecule has 0 saturated carbocycles. The minimum atomic E-state index is 0.324. The van der Waals surface area contributed by atoms with Crippen LogP contribution >= 0.6 is 0 Å². The van der Waals surface area contributed by atoms with Crippen molar-refractivity contribution in [2.24, 2.45) is 0 Å². The van der Waals surface area contributed by atoms with E-state index in [0.29, 0.717) is 6.79 Å². The average molecular weight is 241 g/mol. The monoisotopic (exact) mass is 241 g/mol. The minimum Gasteiger partial charge on any atom is -0.454 e. The summed E-state index contributed by atoms with van der Waals surface area (Å²) in [7, 11) is 0. The second-order valence-electron chi connectivity index (χ2n) is 4.41. The van der Waals surface area contributed by atoms with E-state index in [1.807, 2.05) is 12.1 Å². The summed E-state index contributed by atoms with van der Waals surface area (Å²) in [6.45, 7) is 3.19. The zero-order valence-corrected chi connectivity index (χ0v) is 10.3. The Bertz CT molecular complexity index is 566. The molecule has 3 heteroatoms. The molecule has 1 aliphatic heterocycles. The lowest BCUT2D eigenvalue weighted by molar-refractivity contribution is 0.174. The molecule has 0 atom stereocenters. The van der Waals surface area contributed by atoms with Crippen LogP contribution in [0.1, 0.15) is 11.1 Å². The van der Waals surface area contributed by atoms with Crippen molar-refractivity contribution in [2.45, 2.75) is 13.5 Å². The van der Waals surface area contributed by atoms with Crippen LogP contribution in [0, 0.1) is 6.92 Å². The first-order valence-corrected chi connectivity index (χ1v) is 6.00. The molecule has 0 radical (unpaired) electrons. The number of rotatable bonds is 3. The third kappa shape index (κ3) is 2.25. The Hall–Kier alpha value is -2.16. The van der Waals surface area contributed by atoms with Crippen molar-refractivity contribution in [3.8, 4) is 11.5 Å². The molecule has 0 saturated heterocycles. The first kappa shape index (κ1) is 11.0. The first-order chi connectivity index (χ1) is 8.81. The lowest BCUT2D eigenvalue weighted by Gasteiger charge is -2.07. The number of hydrogen-bond donors (Lipinski definition) is 1. The third-order valence-corrected chi connectivity index (χ3v) is 2.95. The maximum atomic E-state index is 5.36. The highest BCUT2D eigenvalue weighted by atomic mass is 16.7. The van der Waals surface area contributed by atoms with E-state index >= 15 is 0 Å². The Morgan fingerprint density at radius 3 is 2.83 bits per heavy atom. The van der Waals surface area contributed by atoms with E-state index in [9.17, 15) is 0 Å². The Kier molecular flexibility index (Phi) is 2.81. The Morgan fingerprint density at radius 1 is 1.06 bits per heavy atom. The summed E-state index contributed by atoms with van der Waals surface area (Å²) in [6, 6.07) is 14.4. The van der Waals surface area contributed by atoms with Gasteiger partial charge in [-0.3, -0.25) is 0 Å².